The van der Waals surface area contributed by atoms with Gasteiger partial charge in [0.15, 0.2) is 0 Å². The number of nitrogens with one attached hydrogen (secondary N) is 1. The fourth-order valence-corrected chi connectivity index (χ4v) is 3.53. The Labute approximate surface area is 106 Å². The van der Waals surface area contributed by atoms with Gasteiger partial charge >= 0.3 is 0 Å². The number of hydrogen-bond donors (Lipinski definition) is 1. The van der Waals surface area contributed by atoms with E-state index in [0.717, 1.165) is 18.0 Å². The maximum absolute atomic E-state index is 3.44. The van der Waals surface area contributed by atoms with Gasteiger partial charge in [-0.3, -0.25) is 4.90 Å². The third kappa shape index (κ3) is 3.01. The number of hydrogen-bond acceptors (Lipinski definition) is 3. The Balaban J connectivity index is 1.41. The van der Waals surface area contributed by atoms with Crippen molar-refractivity contribution in [1.29, 1.82) is 0 Å². The molecule has 98 valence electrons. The zero-order chi connectivity index (χ0) is 11.7. The van der Waals surface area contributed by atoms with E-state index in [4.69, 9.17) is 0 Å². The molecule has 1 aliphatic heterocycles. The third-order valence-corrected chi connectivity index (χ3v) is 4.95. The largest absolute Gasteiger partial charge is 0.317 e. The van der Waals surface area contributed by atoms with Crippen LogP contribution in [0.3, 0.4) is 0 Å². The lowest BCUT2D eigenvalue weighted by Gasteiger charge is -2.38. The summed E-state index contributed by atoms with van der Waals surface area (Å²) in [5.74, 6) is 1.06. The maximum Gasteiger partial charge on any atom is 0.0113 e. The van der Waals surface area contributed by atoms with Crippen LogP contribution in [0.2, 0.25) is 0 Å². The molecule has 3 nitrogen and oxygen atoms in total. The molecule has 3 fully saturated rings. The Hall–Kier alpha value is -0.120. The van der Waals surface area contributed by atoms with Gasteiger partial charge < -0.3 is 10.2 Å². The predicted molar refractivity (Wildman–Crippen MR) is 71.2 cm³/mol. The Morgan fingerprint density at radius 1 is 1.00 bits per heavy atom. The van der Waals surface area contributed by atoms with Crippen molar-refractivity contribution in [1.82, 2.24) is 15.1 Å². The third-order valence-electron chi connectivity index (χ3n) is 4.95. The first-order valence-corrected chi connectivity index (χ1v) is 7.49. The molecule has 2 aliphatic carbocycles. The Morgan fingerprint density at radius 3 is 2.35 bits per heavy atom. The molecule has 1 saturated heterocycles. The highest BCUT2D eigenvalue weighted by atomic mass is 15.3. The fraction of sp³-hybridized carbons (Fsp3) is 1.00. The normalized spacial score (nSPS) is 36.5. The van der Waals surface area contributed by atoms with Crippen LogP contribution in [0.25, 0.3) is 0 Å². The standard InChI is InChI=1S/C14H27N3/c1-15-13-4-5-14(10-13)17-8-6-16(7-9-17)11-12-2-3-12/h12-15H,2-11H2,1H3. The van der Waals surface area contributed by atoms with Crippen LogP contribution < -0.4 is 5.32 Å². The van der Waals surface area contributed by atoms with Gasteiger partial charge in [-0.2, -0.15) is 0 Å². The van der Waals surface area contributed by atoms with Gasteiger partial charge in [-0.25, -0.2) is 0 Å². The Bertz CT molecular complexity index is 244. The molecular weight excluding hydrogens is 210 g/mol. The highest BCUT2D eigenvalue weighted by Crippen LogP contribution is 2.30. The first-order chi connectivity index (χ1) is 8.35. The summed E-state index contributed by atoms with van der Waals surface area (Å²) in [6, 6.07) is 1.65. The second-order valence-corrected chi connectivity index (χ2v) is 6.23. The zero-order valence-electron chi connectivity index (χ0n) is 11.2. The number of piperazine rings is 1. The van der Waals surface area contributed by atoms with E-state index in [9.17, 15) is 0 Å². The lowest BCUT2D eigenvalue weighted by atomic mass is 10.1. The van der Waals surface area contributed by atoms with Crippen molar-refractivity contribution in [3.05, 3.63) is 0 Å². The van der Waals surface area contributed by atoms with Crippen LogP contribution in [-0.2, 0) is 0 Å². The molecule has 3 aliphatic rings. The van der Waals surface area contributed by atoms with Gasteiger partial charge in [-0.15, -0.1) is 0 Å². The van der Waals surface area contributed by atoms with Crippen LogP contribution in [0, 0.1) is 5.92 Å². The van der Waals surface area contributed by atoms with Gasteiger partial charge in [-0.1, -0.05) is 0 Å². The lowest BCUT2D eigenvalue weighted by Crippen LogP contribution is -2.50. The topological polar surface area (TPSA) is 18.5 Å². The first kappa shape index (κ1) is 11.9. The van der Waals surface area contributed by atoms with Crippen LogP contribution in [0.5, 0.6) is 0 Å². The summed E-state index contributed by atoms with van der Waals surface area (Å²) < 4.78 is 0. The summed E-state index contributed by atoms with van der Waals surface area (Å²) in [6.45, 7) is 6.65. The molecule has 17 heavy (non-hydrogen) atoms. The van der Waals surface area contributed by atoms with E-state index in [1.165, 1.54) is 64.8 Å². The molecule has 2 unspecified atom stereocenters. The van der Waals surface area contributed by atoms with E-state index in [0.29, 0.717) is 0 Å². The van der Waals surface area contributed by atoms with Crippen molar-refractivity contribution < 1.29 is 0 Å². The molecule has 1 heterocycles. The zero-order valence-corrected chi connectivity index (χ0v) is 11.2. The Kier molecular flexibility index (Phi) is 3.69. The molecule has 0 radical (unpaired) electrons. The van der Waals surface area contributed by atoms with Gasteiger partial charge in [0.2, 0.25) is 0 Å². The van der Waals surface area contributed by atoms with Crippen molar-refractivity contribution in [2.24, 2.45) is 5.92 Å². The highest BCUT2D eigenvalue weighted by Gasteiger charge is 2.31. The summed E-state index contributed by atoms with van der Waals surface area (Å²) >= 11 is 0. The average molecular weight is 237 g/mol. The molecule has 0 spiro atoms. The molecule has 2 atom stereocenters. The van der Waals surface area contributed by atoms with Gasteiger partial charge in [-0.05, 0) is 45.1 Å². The summed E-state index contributed by atoms with van der Waals surface area (Å²) in [5, 5.41) is 3.44. The van der Waals surface area contributed by atoms with E-state index in [-0.39, 0.29) is 0 Å². The van der Waals surface area contributed by atoms with E-state index < -0.39 is 0 Å². The minimum Gasteiger partial charge on any atom is -0.317 e. The van der Waals surface area contributed by atoms with E-state index >= 15 is 0 Å². The fourth-order valence-electron chi connectivity index (χ4n) is 3.53. The van der Waals surface area contributed by atoms with Crippen LogP contribution >= 0.6 is 0 Å². The van der Waals surface area contributed by atoms with Gasteiger partial charge in [0.25, 0.3) is 0 Å². The van der Waals surface area contributed by atoms with Crippen LogP contribution in [0.15, 0.2) is 0 Å². The van der Waals surface area contributed by atoms with Crippen molar-refractivity contribution in [3.63, 3.8) is 0 Å². The van der Waals surface area contributed by atoms with Crippen molar-refractivity contribution in [2.45, 2.75) is 44.2 Å². The molecule has 3 heteroatoms. The molecular formula is C14H27N3. The second kappa shape index (κ2) is 5.25. The first-order valence-electron chi connectivity index (χ1n) is 7.49. The molecule has 3 rings (SSSR count). The van der Waals surface area contributed by atoms with Crippen molar-refractivity contribution in [3.8, 4) is 0 Å². The van der Waals surface area contributed by atoms with Gasteiger partial charge in [0.1, 0.15) is 0 Å². The Morgan fingerprint density at radius 2 is 1.76 bits per heavy atom. The molecule has 1 N–H and O–H groups in total. The van der Waals surface area contributed by atoms with Crippen molar-refractivity contribution in [2.75, 3.05) is 39.8 Å². The molecule has 0 aromatic rings. The summed E-state index contributed by atoms with van der Waals surface area (Å²) in [4.78, 5) is 5.44. The van der Waals surface area contributed by atoms with Crippen molar-refractivity contribution >= 4 is 0 Å². The minimum atomic E-state index is 0.782. The van der Waals surface area contributed by atoms with Crippen LogP contribution in [0.4, 0.5) is 0 Å². The molecule has 0 aromatic heterocycles. The summed E-state index contributed by atoms with van der Waals surface area (Å²) in [6.07, 6.45) is 7.15. The molecule has 2 saturated carbocycles. The number of nitrogens with zero attached hydrogens (tertiary/aromatic N) is 2. The lowest BCUT2D eigenvalue weighted by molar-refractivity contribution is 0.0942. The average Bonchev–Trinajstić information content (AvgIpc) is 3.05. The van der Waals surface area contributed by atoms with E-state index in [1.807, 2.05) is 0 Å². The van der Waals surface area contributed by atoms with Gasteiger partial charge in [0.05, 0.1) is 0 Å². The smallest absolute Gasteiger partial charge is 0.0113 e. The molecule has 0 bridgehead atoms. The minimum absolute atomic E-state index is 0.782. The highest BCUT2D eigenvalue weighted by molar-refractivity contribution is 4.89. The van der Waals surface area contributed by atoms with Gasteiger partial charge in [0, 0.05) is 44.8 Å². The van der Waals surface area contributed by atoms with E-state index in [2.05, 4.69) is 22.2 Å². The van der Waals surface area contributed by atoms with Crippen LogP contribution in [0.1, 0.15) is 32.1 Å². The summed E-state index contributed by atoms with van der Waals surface area (Å²) in [5.41, 5.74) is 0. The molecule has 0 aromatic carbocycles. The second-order valence-electron chi connectivity index (χ2n) is 6.23. The predicted octanol–water partition coefficient (Wildman–Crippen LogP) is 1.15. The molecule has 0 amide bonds. The monoisotopic (exact) mass is 237 g/mol. The van der Waals surface area contributed by atoms with E-state index in [1.54, 1.807) is 0 Å². The summed E-state index contributed by atoms with van der Waals surface area (Å²) in [7, 11) is 2.11. The quantitative estimate of drug-likeness (QED) is 0.791. The number of rotatable bonds is 4. The SMILES string of the molecule is CNC1CCC(N2CCN(CC3CC3)CC2)C1. The van der Waals surface area contributed by atoms with Crippen LogP contribution in [-0.4, -0.2) is 61.7 Å². The maximum atomic E-state index is 3.44.